The van der Waals surface area contributed by atoms with E-state index in [1.54, 1.807) is 12.7 Å². The average molecular weight is 240 g/mol. The number of hydrogen-bond donors (Lipinski definition) is 2. The molecule has 5 nitrogen and oxygen atoms in total. The molecule has 0 radical (unpaired) electrons. The molecule has 1 heterocycles. The van der Waals surface area contributed by atoms with Gasteiger partial charge in [-0.25, -0.2) is 4.98 Å². The Morgan fingerprint density at radius 3 is 2.76 bits per heavy atom. The molecule has 0 aliphatic carbocycles. The summed E-state index contributed by atoms with van der Waals surface area (Å²) in [6.45, 7) is 7.82. The Balaban J connectivity index is 2.14. The van der Waals surface area contributed by atoms with Gasteiger partial charge >= 0.3 is 0 Å². The van der Waals surface area contributed by atoms with Crippen LogP contribution in [0, 0.1) is 5.92 Å². The van der Waals surface area contributed by atoms with Crippen molar-refractivity contribution in [1.82, 2.24) is 20.1 Å². The Labute approximate surface area is 103 Å². The van der Waals surface area contributed by atoms with Crippen LogP contribution in [-0.4, -0.2) is 38.6 Å². The van der Waals surface area contributed by atoms with Gasteiger partial charge in [-0.1, -0.05) is 20.3 Å². The van der Waals surface area contributed by atoms with Crippen molar-refractivity contribution in [2.24, 2.45) is 5.92 Å². The largest absolute Gasteiger partial charge is 0.392 e. The van der Waals surface area contributed by atoms with Gasteiger partial charge < -0.3 is 10.4 Å². The van der Waals surface area contributed by atoms with Gasteiger partial charge in [0.1, 0.15) is 12.7 Å². The van der Waals surface area contributed by atoms with Crippen molar-refractivity contribution in [3.8, 4) is 0 Å². The highest BCUT2D eigenvalue weighted by molar-refractivity contribution is 4.69. The Hall–Kier alpha value is -0.940. The highest BCUT2D eigenvalue weighted by atomic mass is 16.3. The summed E-state index contributed by atoms with van der Waals surface area (Å²) in [5, 5.41) is 17.2. The normalized spacial score (nSPS) is 16.7. The van der Waals surface area contributed by atoms with Crippen molar-refractivity contribution in [3.05, 3.63) is 12.7 Å². The fourth-order valence-electron chi connectivity index (χ4n) is 1.57. The number of nitrogens with one attached hydrogen (secondary N) is 1. The molecule has 3 atom stereocenters. The minimum absolute atomic E-state index is 0.256. The Morgan fingerprint density at radius 1 is 1.41 bits per heavy atom. The van der Waals surface area contributed by atoms with Gasteiger partial charge in [0.05, 0.1) is 6.10 Å². The molecule has 0 saturated carbocycles. The van der Waals surface area contributed by atoms with Crippen molar-refractivity contribution >= 4 is 0 Å². The standard InChI is InChI=1S/C12H24N4O/c1-4-10(2)12(17)7-14-11(3)5-6-16-9-13-8-15-16/h8-12,14,17H,4-7H2,1-3H3. The lowest BCUT2D eigenvalue weighted by Crippen LogP contribution is -2.37. The Kier molecular flexibility index (Phi) is 6.15. The fourth-order valence-corrected chi connectivity index (χ4v) is 1.57. The SMILES string of the molecule is CCC(C)C(O)CNC(C)CCn1cncn1. The van der Waals surface area contributed by atoms with E-state index in [1.165, 1.54) is 0 Å². The number of aliphatic hydroxyl groups is 1. The molecule has 1 aromatic heterocycles. The Morgan fingerprint density at radius 2 is 2.18 bits per heavy atom. The summed E-state index contributed by atoms with van der Waals surface area (Å²) in [4.78, 5) is 3.90. The van der Waals surface area contributed by atoms with E-state index in [-0.39, 0.29) is 6.10 Å². The number of hydrogen-bond acceptors (Lipinski definition) is 4. The molecule has 1 aromatic rings. The smallest absolute Gasteiger partial charge is 0.137 e. The van der Waals surface area contributed by atoms with E-state index < -0.39 is 0 Å². The lowest BCUT2D eigenvalue weighted by Gasteiger charge is -2.20. The molecule has 0 amide bonds. The molecule has 0 fully saturated rings. The molecule has 0 aliphatic rings. The van der Waals surface area contributed by atoms with E-state index in [9.17, 15) is 5.11 Å². The molecule has 1 rings (SSSR count). The second kappa shape index (κ2) is 7.40. The number of aromatic nitrogens is 3. The summed E-state index contributed by atoms with van der Waals surface area (Å²) in [5.41, 5.74) is 0. The zero-order valence-corrected chi connectivity index (χ0v) is 11.0. The van der Waals surface area contributed by atoms with Crippen molar-refractivity contribution in [3.63, 3.8) is 0 Å². The van der Waals surface area contributed by atoms with Crippen LogP contribution < -0.4 is 5.32 Å². The summed E-state index contributed by atoms with van der Waals surface area (Å²) in [6.07, 6.45) is 5.01. The number of aliphatic hydroxyl groups excluding tert-OH is 1. The molecule has 3 unspecified atom stereocenters. The van der Waals surface area contributed by atoms with Crippen LogP contribution in [0.2, 0.25) is 0 Å². The van der Waals surface area contributed by atoms with Gasteiger partial charge in [0, 0.05) is 19.1 Å². The first kappa shape index (κ1) is 14.1. The predicted molar refractivity (Wildman–Crippen MR) is 67.6 cm³/mol. The van der Waals surface area contributed by atoms with Gasteiger partial charge in [0.25, 0.3) is 0 Å². The van der Waals surface area contributed by atoms with Gasteiger partial charge in [0.2, 0.25) is 0 Å². The third-order valence-corrected chi connectivity index (χ3v) is 3.23. The van der Waals surface area contributed by atoms with Gasteiger partial charge in [-0.3, -0.25) is 4.68 Å². The highest BCUT2D eigenvalue weighted by Crippen LogP contribution is 2.06. The van der Waals surface area contributed by atoms with E-state index >= 15 is 0 Å². The molecule has 0 aromatic carbocycles. The molecule has 0 aliphatic heterocycles. The topological polar surface area (TPSA) is 63.0 Å². The fraction of sp³-hybridized carbons (Fsp3) is 0.833. The lowest BCUT2D eigenvalue weighted by atomic mass is 10.0. The number of rotatable bonds is 8. The van der Waals surface area contributed by atoms with E-state index in [1.807, 2.05) is 4.68 Å². The van der Waals surface area contributed by atoms with Gasteiger partial charge in [-0.05, 0) is 19.3 Å². The van der Waals surface area contributed by atoms with E-state index in [0.717, 1.165) is 19.4 Å². The average Bonchev–Trinajstić information content (AvgIpc) is 2.85. The minimum atomic E-state index is -0.256. The quantitative estimate of drug-likeness (QED) is 0.713. The third kappa shape index (κ3) is 5.28. The first-order chi connectivity index (χ1) is 8.13. The summed E-state index contributed by atoms with van der Waals surface area (Å²) in [7, 11) is 0. The molecule has 17 heavy (non-hydrogen) atoms. The number of aryl methyl sites for hydroxylation is 1. The molecule has 0 spiro atoms. The molecule has 0 saturated heterocycles. The predicted octanol–water partition coefficient (Wildman–Crippen LogP) is 1.05. The summed E-state index contributed by atoms with van der Waals surface area (Å²) in [6, 6.07) is 0.373. The van der Waals surface area contributed by atoms with Crippen LogP contribution in [0.15, 0.2) is 12.7 Å². The molecular weight excluding hydrogens is 216 g/mol. The second-order valence-corrected chi connectivity index (χ2v) is 4.71. The van der Waals surface area contributed by atoms with Crippen LogP contribution in [0.5, 0.6) is 0 Å². The maximum absolute atomic E-state index is 9.83. The number of nitrogens with zero attached hydrogens (tertiary/aromatic N) is 3. The van der Waals surface area contributed by atoms with Crippen LogP contribution in [-0.2, 0) is 6.54 Å². The first-order valence-electron chi connectivity index (χ1n) is 6.37. The Bertz CT molecular complexity index is 289. The minimum Gasteiger partial charge on any atom is -0.392 e. The van der Waals surface area contributed by atoms with Gasteiger partial charge in [0.15, 0.2) is 0 Å². The van der Waals surface area contributed by atoms with Crippen molar-refractivity contribution < 1.29 is 5.11 Å². The first-order valence-corrected chi connectivity index (χ1v) is 6.37. The summed E-state index contributed by atoms with van der Waals surface area (Å²) >= 11 is 0. The second-order valence-electron chi connectivity index (χ2n) is 4.71. The van der Waals surface area contributed by atoms with Crippen LogP contribution in [0.25, 0.3) is 0 Å². The van der Waals surface area contributed by atoms with Crippen LogP contribution in [0.4, 0.5) is 0 Å². The zero-order valence-electron chi connectivity index (χ0n) is 11.0. The molecule has 5 heteroatoms. The molecule has 98 valence electrons. The van der Waals surface area contributed by atoms with Crippen molar-refractivity contribution in [1.29, 1.82) is 0 Å². The molecule has 2 N–H and O–H groups in total. The van der Waals surface area contributed by atoms with Crippen molar-refractivity contribution in [2.75, 3.05) is 6.54 Å². The maximum atomic E-state index is 9.83. The van der Waals surface area contributed by atoms with Crippen LogP contribution in [0.1, 0.15) is 33.6 Å². The van der Waals surface area contributed by atoms with Gasteiger partial charge in [-0.15, -0.1) is 0 Å². The van der Waals surface area contributed by atoms with E-state index in [0.29, 0.717) is 18.5 Å². The summed E-state index contributed by atoms with van der Waals surface area (Å²) in [5.74, 6) is 0.352. The van der Waals surface area contributed by atoms with Crippen LogP contribution >= 0.6 is 0 Å². The van der Waals surface area contributed by atoms with E-state index in [4.69, 9.17) is 0 Å². The third-order valence-electron chi connectivity index (χ3n) is 3.23. The summed E-state index contributed by atoms with van der Waals surface area (Å²) < 4.78 is 1.82. The lowest BCUT2D eigenvalue weighted by molar-refractivity contribution is 0.109. The zero-order chi connectivity index (χ0) is 12.7. The monoisotopic (exact) mass is 240 g/mol. The van der Waals surface area contributed by atoms with Crippen molar-refractivity contribution in [2.45, 2.75) is 52.3 Å². The maximum Gasteiger partial charge on any atom is 0.137 e. The highest BCUT2D eigenvalue weighted by Gasteiger charge is 2.12. The van der Waals surface area contributed by atoms with Gasteiger partial charge in [-0.2, -0.15) is 5.10 Å². The van der Waals surface area contributed by atoms with E-state index in [2.05, 4.69) is 36.2 Å². The molecular formula is C12H24N4O. The van der Waals surface area contributed by atoms with Crippen LogP contribution in [0.3, 0.4) is 0 Å². The molecule has 0 bridgehead atoms.